The fourth-order valence-corrected chi connectivity index (χ4v) is 4.99. The van der Waals surface area contributed by atoms with Gasteiger partial charge in [-0.25, -0.2) is 4.79 Å². The van der Waals surface area contributed by atoms with Gasteiger partial charge in [0.15, 0.2) is 5.78 Å². The third kappa shape index (κ3) is 4.38. The summed E-state index contributed by atoms with van der Waals surface area (Å²) in [5.74, 6) is 0.917. The minimum atomic E-state index is -0.278. The maximum absolute atomic E-state index is 13.5. The van der Waals surface area contributed by atoms with Crippen LogP contribution in [0.3, 0.4) is 0 Å². The topological polar surface area (TPSA) is 65.1 Å². The van der Waals surface area contributed by atoms with Gasteiger partial charge in [0.2, 0.25) is 0 Å². The van der Waals surface area contributed by atoms with Gasteiger partial charge in [-0.2, -0.15) is 0 Å². The molecular formula is C25H29NO5. The monoisotopic (exact) mass is 423 g/mol. The van der Waals surface area contributed by atoms with E-state index in [0.717, 1.165) is 24.8 Å². The molecule has 2 unspecified atom stereocenters. The zero-order valence-corrected chi connectivity index (χ0v) is 18.1. The first-order valence-corrected chi connectivity index (χ1v) is 10.9. The summed E-state index contributed by atoms with van der Waals surface area (Å²) in [6.07, 6.45) is 3.84. The molecule has 0 N–H and O–H groups in total. The van der Waals surface area contributed by atoms with Crippen molar-refractivity contribution in [1.82, 2.24) is 4.90 Å². The lowest BCUT2D eigenvalue weighted by atomic mass is 9.75. The van der Waals surface area contributed by atoms with Crippen LogP contribution in [-0.4, -0.2) is 43.1 Å². The number of hydrogen-bond donors (Lipinski definition) is 0. The van der Waals surface area contributed by atoms with E-state index in [1.54, 1.807) is 26.4 Å². The normalized spacial score (nSPS) is 22.5. The van der Waals surface area contributed by atoms with Crippen LogP contribution in [0.15, 0.2) is 48.5 Å². The number of piperidine rings is 2. The number of hydrogen-bond acceptors (Lipinski definition) is 5. The number of amides is 1. The van der Waals surface area contributed by atoms with Crippen LogP contribution in [0.25, 0.3) is 0 Å². The Labute approximate surface area is 183 Å². The van der Waals surface area contributed by atoms with Crippen molar-refractivity contribution in [3.63, 3.8) is 0 Å². The first kappa shape index (κ1) is 21.2. The Morgan fingerprint density at radius 3 is 2.10 bits per heavy atom. The molecule has 0 saturated carbocycles. The molecular weight excluding hydrogens is 394 g/mol. The molecule has 2 aliphatic rings. The summed E-state index contributed by atoms with van der Waals surface area (Å²) in [5.41, 5.74) is 1.46. The van der Waals surface area contributed by atoms with Gasteiger partial charge in [0, 0.05) is 18.0 Å². The highest BCUT2D eigenvalue weighted by Crippen LogP contribution is 2.41. The fourth-order valence-electron chi connectivity index (χ4n) is 4.99. The fraction of sp³-hybridized carbons (Fsp3) is 0.440. The number of methoxy groups -OCH3 is 2. The summed E-state index contributed by atoms with van der Waals surface area (Å²) < 4.78 is 16.5. The van der Waals surface area contributed by atoms with E-state index in [1.165, 1.54) is 0 Å². The van der Waals surface area contributed by atoms with Gasteiger partial charge in [-0.15, -0.1) is 0 Å². The van der Waals surface area contributed by atoms with Gasteiger partial charge < -0.3 is 19.1 Å². The van der Waals surface area contributed by atoms with Gasteiger partial charge in [-0.3, -0.25) is 4.79 Å². The molecule has 1 amide bonds. The van der Waals surface area contributed by atoms with Crippen LogP contribution in [0.2, 0.25) is 0 Å². The molecule has 2 aliphatic heterocycles. The van der Waals surface area contributed by atoms with Crippen molar-refractivity contribution in [1.29, 1.82) is 0 Å². The molecule has 6 heteroatoms. The number of carbonyl (C=O) groups excluding carboxylic acids is 2. The number of nitrogens with zero attached hydrogens (tertiary/aromatic N) is 1. The van der Waals surface area contributed by atoms with Crippen LogP contribution < -0.4 is 9.47 Å². The molecule has 4 rings (SSSR count). The average molecular weight is 424 g/mol. The molecule has 0 spiro atoms. The molecule has 2 heterocycles. The van der Waals surface area contributed by atoms with Crippen molar-refractivity contribution in [2.75, 3.05) is 14.2 Å². The van der Waals surface area contributed by atoms with Gasteiger partial charge in [-0.05, 0) is 49.8 Å². The standard InChI is InChI=1S/C25H29NO5/c1-29-21-12-7-13-22(30-2)23(21)24(27)18-14-19-10-6-11-20(15-18)26(19)25(28)31-16-17-8-4-3-5-9-17/h3-5,7-9,12-13,18-20H,6,10-11,14-16H2,1-2H3. The van der Waals surface area contributed by atoms with E-state index in [4.69, 9.17) is 14.2 Å². The Bertz CT molecular complexity index is 893. The quantitative estimate of drug-likeness (QED) is 0.621. The minimum Gasteiger partial charge on any atom is -0.496 e. The summed E-state index contributed by atoms with van der Waals surface area (Å²) in [7, 11) is 3.12. The molecule has 6 nitrogen and oxygen atoms in total. The van der Waals surface area contributed by atoms with Crippen molar-refractivity contribution in [2.45, 2.75) is 50.8 Å². The summed E-state index contributed by atoms with van der Waals surface area (Å²) in [6, 6.07) is 15.1. The van der Waals surface area contributed by atoms with Gasteiger partial charge in [0.05, 0.1) is 14.2 Å². The Morgan fingerprint density at radius 2 is 1.52 bits per heavy atom. The molecule has 164 valence electrons. The van der Waals surface area contributed by atoms with E-state index in [0.29, 0.717) is 29.9 Å². The van der Waals surface area contributed by atoms with Crippen LogP contribution in [0.4, 0.5) is 4.79 Å². The van der Waals surface area contributed by atoms with E-state index >= 15 is 0 Å². The number of rotatable bonds is 6. The second-order valence-corrected chi connectivity index (χ2v) is 8.26. The number of fused-ring (bicyclic) bond motifs is 2. The summed E-state index contributed by atoms with van der Waals surface area (Å²) in [5, 5.41) is 0. The summed E-state index contributed by atoms with van der Waals surface area (Å²) in [6.45, 7) is 0.260. The first-order valence-electron chi connectivity index (χ1n) is 10.9. The van der Waals surface area contributed by atoms with E-state index in [9.17, 15) is 9.59 Å². The number of benzene rings is 2. The Kier molecular flexibility index (Phi) is 6.44. The van der Waals surface area contributed by atoms with Crippen LogP contribution in [0.1, 0.15) is 48.0 Å². The maximum atomic E-state index is 13.5. The summed E-state index contributed by atoms with van der Waals surface area (Å²) in [4.78, 5) is 28.3. The number of carbonyl (C=O) groups is 2. The molecule has 2 fully saturated rings. The van der Waals surface area contributed by atoms with E-state index in [-0.39, 0.29) is 36.5 Å². The van der Waals surface area contributed by atoms with Gasteiger partial charge in [0.25, 0.3) is 0 Å². The lowest BCUT2D eigenvalue weighted by Crippen LogP contribution is -2.55. The smallest absolute Gasteiger partial charge is 0.410 e. The molecule has 2 saturated heterocycles. The molecule has 2 atom stereocenters. The van der Waals surface area contributed by atoms with Crippen LogP contribution in [-0.2, 0) is 11.3 Å². The van der Waals surface area contributed by atoms with Gasteiger partial charge in [-0.1, -0.05) is 36.4 Å². The lowest BCUT2D eigenvalue weighted by Gasteiger charge is -2.47. The Morgan fingerprint density at radius 1 is 0.903 bits per heavy atom. The highest BCUT2D eigenvalue weighted by atomic mass is 16.6. The average Bonchev–Trinajstić information content (AvgIpc) is 2.81. The predicted molar refractivity (Wildman–Crippen MR) is 116 cm³/mol. The molecule has 0 aliphatic carbocycles. The molecule has 31 heavy (non-hydrogen) atoms. The summed E-state index contributed by atoms with van der Waals surface area (Å²) >= 11 is 0. The highest BCUT2D eigenvalue weighted by molar-refractivity contribution is 6.03. The van der Waals surface area contributed by atoms with Crippen molar-refractivity contribution >= 4 is 11.9 Å². The van der Waals surface area contributed by atoms with Crippen molar-refractivity contribution in [2.24, 2.45) is 5.92 Å². The third-order valence-corrected chi connectivity index (χ3v) is 6.44. The predicted octanol–water partition coefficient (Wildman–Crippen LogP) is 4.86. The largest absolute Gasteiger partial charge is 0.496 e. The third-order valence-electron chi connectivity index (χ3n) is 6.44. The van der Waals surface area contributed by atoms with Crippen LogP contribution >= 0.6 is 0 Å². The number of Topliss-reactive ketones (excluding diaryl/α,β-unsaturated/α-hetero) is 1. The molecule has 0 radical (unpaired) electrons. The zero-order chi connectivity index (χ0) is 21.8. The van der Waals surface area contributed by atoms with Crippen LogP contribution in [0, 0.1) is 5.92 Å². The Hall–Kier alpha value is -3.02. The van der Waals surface area contributed by atoms with E-state index in [1.807, 2.05) is 41.3 Å². The van der Waals surface area contributed by atoms with Crippen LogP contribution in [0.5, 0.6) is 11.5 Å². The highest BCUT2D eigenvalue weighted by Gasteiger charge is 2.44. The molecule has 2 bridgehead atoms. The number of ketones is 1. The Balaban J connectivity index is 1.48. The molecule has 2 aromatic carbocycles. The van der Waals surface area contributed by atoms with E-state index in [2.05, 4.69) is 0 Å². The molecule has 0 aromatic heterocycles. The minimum absolute atomic E-state index is 0.0189. The molecule has 2 aromatic rings. The zero-order valence-electron chi connectivity index (χ0n) is 18.1. The van der Waals surface area contributed by atoms with E-state index < -0.39 is 0 Å². The second-order valence-electron chi connectivity index (χ2n) is 8.26. The van der Waals surface area contributed by atoms with Crippen molar-refractivity contribution in [3.8, 4) is 11.5 Å². The first-order chi connectivity index (χ1) is 15.1. The maximum Gasteiger partial charge on any atom is 0.410 e. The van der Waals surface area contributed by atoms with Gasteiger partial charge >= 0.3 is 6.09 Å². The van der Waals surface area contributed by atoms with Gasteiger partial charge in [0.1, 0.15) is 23.7 Å². The SMILES string of the molecule is COc1cccc(OC)c1C(=O)C1CC2CCCC(C1)N2C(=O)OCc1ccccc1. The second kappa shape index (κ2) is 9.41. The van der Waals surface area contributed by atoms with Crippen molar-refractivity contribution < 1.29 is 23.8 Å². The number of ether oxygens (including phenoxy) is 3. The van der Waals surface area contributed by atoms with Crippen molar-refractivity contribution in [3.05, 3.63) is 59.7 Å². The lowest BCUT2D eigenvalue weighted by molar-refractivity contribution is 0.00461.